The number of fused-ring (bicyclic) bond motifs is 2. The van der Waals surface area contributed by atoms with Gasteiger partial charge in [-0.25, -0.2) is 9.07 Å². The molecule has 0 aliphatic carbocycles. The van der Waals surface area contributed by atoms with Crippen LogP contribution in [0.1, 0.15) is 22.5 Å². The zero-order valence-electron chi connectivity index (χ0n) is 21.8. The van der Waals surface area contributed by atoms with Gasteiger partial charge >= 0.3 is 0 Å². The fraction of sp³-hybridized carbons (Fsp3) is 0.241. The third-order valence-electron chi connectivity index (χ3n) is 6.76. The maximum absolute atomic E-state index is 13.4. The molecular weight excluding hydrogens is 515 g/mol. The van der Waals surface area contributed by atoms with Crippen LogP contribution in [0.25, 0.3) is 10.9 Å². The molecule has 0 spiro atoms. The van der Waals surface area contributed by atoms with Crippen molar-refractivity contribution in [3.63, 3.8) is 0 Å². The third-order valence-corrected chi connectivity index (χ3v) is 6.76. The summed E-state index contributed by atoms with van der Waals surface area (Å²) in [7, 11) is 1.63. The largest absolute Gasteiger partial charge is 0.497 e. The van der Waals surface area contributed by atoms with Crippen LogP contribution in [-0.4, -0.2) is 50.4 Å². The number of nitrogens with one attached hydrogen (secondary N) is 1. The Hall–Kier alpha value is -4.77. The molecule has 0 saturated carbocycles. The van der Waals surface area contributed by atoms with Crippen LogP contribution < -0.4 is 19.8 Å². The molecule has 6 rings (SSSR count). The average molecular weight is 543 g/mol. The van der Waals surface area contributed by atoms with Crippen molar-refractivity contribution in [2.45, 2.75) is 26.2 Å². The summed E-state index contributed by atoms with van der Waals surface area (Å²) in [5.74, 6) is 2.36. The number of hydrogen-bond donors (Lipinski definition) is 1. The standard InChI is InChI=1S/C29H27FN6O4/c1-38-24-8-4-19(5-9-24)15-35(18-28-32-33-34-36(28)16-20-2-6-23(30)7-3-20)17-22-12-21-13-26-27(40-11-10-39-26)14-25(21)31-29(22)37/h2-9,12-14H,10-11,15-18H2,1H3,(H,31,37). The summed E-state index contributed by atoms with van der Waals surface area (Å²) in [5.41, 5.74) is 3.00. The van der Waals surface area contributed by atoms with E-state index < -0.39 is 0 Å². The maximum Gasteiger partial charge on any atom is 0.252 e. The van der Waals surface area contributed by atoms with Gasteiger partial charge < -0.3 is 19.2 Å². The number of tetrazole rings is 1. The minimum absolute atomic E-state index is 0.185. The highest BCUT2D eigenvalue weighted by Crippen LogP contribution is 2.33. The highest BCUT2D eigenvalue weighted by atomic mass is 19.1. The van der Waals surface area contributed by atoms with Gasteiger partial charge in [-0.1, -0.05) is 24.3 Å². The normalized spacial score (nSPS) is 12.7. The summed E-state index contributed by atoms with van der Waals surface area (Å²) in [5, 5.41) is 13.1. The van der Waals surface area contributed by atoms with Crippen LogP contribution in [-0.2, 0) is 26.2 Å². The van der Waals surface area contributed by atoms with E-state index in [1.807, 2.05) is 36.4 Å². The molecule has 0 fully saturated rings. The average Bonchev–Trinajstić information content (AvgIpc) is 3.40. The van der Waals surface area contributed by atoms with E-state index in [1.54, 1.807) is 30.0 Å². The Kier molecular flexibility index (Phi) is 7.11. The van der Waals surface area contributed by atoms with Gasteiger partial charge in [-0.3, -0.25) is 9.69 Å². The lowest BCUT2D eigenvalue weighted by Crippen LogP contribution is -2.28. The molecule has 0 unspecified atom stereocenters. The van der Waals surface area contributed by atoms with Gasteiger partial charge in [0.2, 0.25) is 0 Å². The molecule has 1 aliphatic rings. The van der Waals surface area contributed by atoms with Crippen molar-refractivity contribution in [2.24, 2.45) is 0 Å². The van der Waals surface area contributed by atoms with Crippen LogP contribution in [0.15, 0.2) is 71.5 Å². The second-order valence-electron chi connectivity index (χ2n) is 9.58. The van der Waals surface area contributed by atoms with E-state index in [0.29, 0.717) is 67.8 Å². The zero-order chi connectivity index (χ0) is 27.5. The van der Waals surface area contributed by atoms with E-state index in [4.69, 9.17) is 14.2 Å². The number of aromatic nitrogens is 5. The van der Waals surface area contributed by atoms with Crippen LogP contribution in [0, 0.1) is 5.82 Å². The summed E-state index contributed by atoms with van der Waals surface area (Å²) >= 11 is 0. The molecule has 1 N–H and O–H groups in total. The molecule has 0 amide bonds. The predicted octanol–water partition coefficient (Wildman–Crippen LogP) is 3.68. The molecule has 11 heteroatoms. The van der Waals surface area contributed by atoms with Crippen molar-refractivity contribution in [2.75, 3.05) is 20.3 Å². The Morgan fingerprint density at radius 3 is 2.42 bits per heavy atom. The number of nitrogens with zero attached hydrogens (tertiary/aromatic N) is 5. The van der Waals surface area contributed by atoms with E-state index >= 15 is 0 Å². The smallest absolute Gasteiger partial charge is 0.252 e. The fourth-order valence-corrected chi connectivity index (χ4v) is 4.73. The molecule has 2 aromatic heterocycles. The van der Waals surface area contributed by atoms with Gasteiger partial charge in [0.1, 0.15) is 24.8 Å². The molecule has 5 aromatic rings. The molecule has 0 saturated heterocycles. The van der Waals surface area contributed by atoms with Gasteiger partial charge in [-0.2, -0.15) is 0 Å². The number of aromatic amines is 1. The highest BCUT2D eigenvalue weighted by Gasteiger charge is 2.18. The summed E-state index contributed by atoms with van der Waals surface area (Å²) in [6.07, 6.45) is 0. The monoisotopic (exact) mass is 542 g/mol. The Morgan fingerprint density at radius 1 is 0.950 bits per heavy atom. The van der Waals surface area contributed by atoms with Crippen LogP contribution in [0.3, 0.4) is 0 Å². The lowest BCUT2D eigenvalue weighted by atomic mass is 10.1. The Morgan fingerprint density at radius 2 is 1.68 bits per heavy atom. The number of halogens is 1. The van der Waals surface area contributed by atoms with Crippen molar-refractivity contribution in [3.8, 4) is 17.2 Å². The van der Waals surface area contributed by atoms with Crippen molar-refractivity contribution in [1.29, 1.82) is 0 Å². The molecule has 204 valence electrons. The number of rotatable bonds is 9. The molecule has 3 aromatic carbocycles. The summed E-state index contributed by atoms with van der Waals surface area (Å²) < 4.78 is 31.8. The number of H-pyrrole nitrogens is 1. The topological polar surface area (TPSA) is 107 Å². The predicted molar refractivity (Wildman–Crippen MR) is 145 cm³/mol. The fourth-order valence-electron chi connectivity index (χ4n) is 4.73. The number of benzene rings is 3. The Balaban J connectivity index is 1.30. The van der Waals surface area contributed by atoms with E-state index in [1.165, 1.54) is 12.1 Å². The first-order chi connectivity index (χ1) is 19.5. The minimum atomic E-state index is -0.299. The molecule has 0 radical (unpaired) electrons. The SMILES string of the molecule is COc1ccc(CN(Cc2cc3cc4c(cc3[nH]c2=O)OCCO4)Cc2nnnn2Cc2ccc(F)cc2)cc1. The second-order valence-corrected chi connectivity index (χ2v) is 9.58. The van der Waals surface area contributed by atoms with Crippen molar-refractivity contribution in [1.82, 2.24) is 30.1 Å². The van der Waals surface area contributed by atoms with Crippen LogP contribution in [0.5, 0.6) is 17.2 Å². The van der Waals surface area contributed by atoms with Gasteiger partial charge in [0.25, 0.3) is 5.56 Å². The number of hydrogen-bond acceptors (Lipinski definition) is 8. The number of methoxy groups -OCH3 is 1. The first kappa shape index (κ1) is 25.5. The van der Waals surface area contributed by atoms with Gasteiger partial charge in [0, 0.05) is 30.1 Å². The first-order valence-corrected chi connectivity index (χ1v) is 12.8. The lowest BCUT2D eigenvalue weighted by Gasteiger charge is -2.22. The van der Waals surface area contributed by atoms with Crippen LogP contribution >= 0.6 is 0 Å². The highest BCUT2D eigenvalue weighted by molar-refractivity contribution is 5.83. The van der Waals surface area contributed by atoms with Gasteiger partial charge in [-0.05, 0) is 58.0 Å². The molecule has 0 bridgehead atoms. The summed E-state index contributed by atoms with van der Waals surface area (Å²) in [6.45, 7) is 2.60. The van der Waals surface area contributed by atoms with Gasteiger partial charge in [0.15, 0.2) is 17.3 Å². The molecule has 0 atom stereocenters. The molecule has 10 nitrogen and oxygen atoms in total. The van der Waals surface area contributed by atoms with Gasteiger partial charge in [0.05, 0.1) is 25.7 Å². The Labute approximate surface area is 228 Å². The molecular formula is C29H27FN6O4. The zero-order valence-corrected chi connectivity index (χ0v) is 21.8. The first-order valence-electron chi connectivity index (χ1n) is 12.8. The number of ether oxygens (including phenoxy) is 3. The molecule has 3 heterocycles. The summed E-state index contributed by atoms with van der Waals surface area (Å²) in [6, 6.07) is 19.6. The summed E-state index contributed by atoms with van der Waals surface area (Å²) in [4.78, 5) is 18.3. The van der Waals surface area contributed by atoms with E-state index in [0.717, 1.165) is 22.3 Å². The molecule has 40 heavy (non-hydrogen) atoms. The lowest BCUT2D eigenvalue weighted by molar-refractivity contribution is 0.172. The van der Waals surface area contributed by atoms with Crippen molar-refractivity contribution >= 4 is 10.9 Å². The Bertz CT molecular complexity index is 1680. The van der Waals surface area contributed by atoms with Crippen molar-refractivity contribution in [3.05, 3.63) is 105 Å². The van der Waals surface area contributed by atoms with E-state index in [-0.39, 0.29) is 11.4 Å². The minimum Gasteiger partial charge on any atom is -0.497 e. The molecule has 1 aliphatic heterocycles. The van der Waals surface area contributed by atoms with Crippen LogP contribution in [0.2, 0.25) is 0 Å². The van der Waals surface area contributed by atoms with E-state index in [2.05, 4.69) is 25.4 Å². The third kappa shape index (κ3) is 5.64. The number of pyridine rings is 1. The van der Waals surface area contributed by atoms with Gasteiger partial charge in [-0.15, -0.1) is 5.10 Å². The van der Waals surface area contributed by atoms with E-state index in [9.17, 15) is 9.18 Å². The maximum atomic E-state index is 13.4. The van der Waals surface area contributed by atoms with Crippen LogP contribution in [0.4, 0.5) is 4.39 Å². The second kappa shape index (κ2) is 11.1. The van der Waals surface area contributed by atoms with Crippen molar-refractivity contribution < 1.29 is 18.6 Å². The quantitative estimate of drug-likeness (QED) is 0.301.